The SMILES string of the molecule is O=C1C[C@H](O)C[C@@H](/C=C/n2c(-c3ccccc3)nc(-c3ccnc(Nc4ccccc4)n3)c2-c2ccc(F)cc2)O1. The third-order valence-corrected chi connectivity index (χ3v) is 6.63. The van der Waals surface area contributed by atoms with Crippen molar-refractivity contribution in [2.45, 2.75) is 25.0 Å². The zero-order chi connectivity index (χ0) is 28.2. The van der Waals surface area contributed by atoms with E-state index in [1.54, 1.807) is 36.7 Å². The van der Waals surface area contributed by atoms with E-state index in [0.29, 0.717) is 34.4 Å². The number of aliphatic hydroxyl groups excluding tert-OH is 1. The highest BCUT2D eigenvalue weighted by Crippen LogP contribution is 2.36. The van der Waals surface area contributed by atoms with Gasteiger partial charge in [0.1, 0.15) is 23.4 Å². The molecule has 3 heterocycles. The molecule has 1 aliphatic heterocycles. The van der Waals surface area contributed by atoms with E-state index in [1.165, 1.54) is 12.1 Å². The molecular weight excluding hydrogens is 521 g/mol. The average Bonchev–Trinajstić information content (AvgIpc) is 3.37. The van der Waals surface area contributed by atoms with Gasteiger partial charge in [0.05, 0.1) is 23.9 Å². The topological polar surface area (TPSA) is 102 Å². The molecule has 2 N–H and O–H groups in total. The van der Waals surface area contributed by atoms with Gasteiger partial charge in [0.25, 0.3) is 0 Å². The Morgan fingerprint density at radius 1 is 0.927 bits per heavy atom. The van der Waals surface area contributed by atoms with Gasteiger partial charge in [0, 0.05) is 35.6 Å². The molecule has 1 fully saturated rings. The zero-order valence-electron chi connectivity index (χ0n) is 21.9. The van der Waals surface area contributed by atoms with Gasteiger partial charge in [-0.25, -0.2) is 19.3 Å². The summed E-state index contributed by atoms with van der Waals surface area (Å²) in [6.07, 6.45) is 4.04. The fraction of sp³-hybridized carbons (Fsp3) is 0.125. The Morgan fingerprint density at radius 2 is 1.66 bits per heavy atom. The maximum absolute atomic E-state index is 14.0. The number of carbonyl (C=O) groups is 1. The summed E-state index contributed by atoms with van der Waals surface area (Å²) >= 11 is 0. The second kappa shape index (κ2) is 11.5. The van der Waals surface area contributed by atoms with Crippen LogP contribution in [0.4, 0.5) is 16.0 Å². The molecule has 0 aliphatic carbocycles. The highest BCUT2D eigenvalue weighted by molar-refractivity contribution is 5.83. The number of para-hydroxylation sites is 1. The highest BCUT2D eigenvalue weighted by Gasteiger charge is 2.26. The van der Waals surface area contributed by atoms with Crippen LogP contribution in [0.2, 0.25) is 0 Å². The number of nitrogens with one attached hydrogen (secondary N) is 1. The van der Waals surface area contributed by atoms with Crippen molar-refractivity contribution in [3.63, 3.8) is 0 Å². The Bertz CT molecular complexity index is 1690. The molecule has 0 saturated carbocycles. The smallest absolute Gasteiger partial charge is 0.309 e. The van der Waals surface area contributed by atoms with Crippen LogP contribution < -0.4 is 5.32 Å². The summed E-state index contributed by atoms with van der Waals surface area (Å²) in [5, 5.41) is 13.3. The molecule has 0 radical (unpaired) electrons. The van der Waals surface area contributed by atoms with Gasteiger partial charge < -0.3 is 15.2 Å². The number of anilines is 2. The monoisotopic (exact) mass is 547 g/mol. The molecule has 1 aliphatic rings. The third kappa shape index (κ3) is 5.90. The van der Waals surface area contributed by atoms with Crippen molar-refractivity contribution >= 4 is 23.8 Å². The Hall–Kier alpha value is -5.15. The molecule has 0 bridgehead atoms. The van der Waals surface area contributed by atoms with E-state index in [9.17, 15) is 14.3 Å². The van der Waals surface area contributed by atoms with Gasteiger partial charge in [-0.3, -0.25) is 9.36 Å². The second-order valence-corrected chi connectivity index (χ2v) is 9.60. The van der Waals surface area contributed by atoms with Crippen molar-refractivity contribution in [2.75, 3.05) is 5.32 Å². The van der Waals surface area contributed by atoms with Crippen LogP contribution in [0.25, 0.3) is 40.2 Å². The zero-order valence-corrected chi connectivity index (χ0v) is 21.9. The van der Waals surface area contributed by atoms with Crippen molar-refractivity contribution in [1.29, 1.82) is 0 Å². The molecule has 8 nitrogen and oxygen atoms in total. The summed E-state index contributed by atoms with van der Waals surface area (Å²) in [5.74, 6) is 0.189. The summed E-state index contributed by atoms with van der Waals surface area (Å²) in [5.41, 5.74) is 4.15. The number of hydrogen-bond donors (Lipinski definition) is 2. The largest absolute Gasteiger partial charge is 0.458 e. The predicted octanol–water partition coefficient (Wildman–Crippen LogP) is 6.09. The Kier molecular flexibility index (Phi) is 7.34. The standard InChI is InChI=1S/C32H26FN5O3/c33-23-13-11-21(12-14-23)30-29(27-15-17-34-32(36-27)35-24-9-5-2-6-10-24)37-31(22-7-3-1-4-8-22)38(30)18-16-26-19-25(39)20-28(40)41-26/h1-18,25-26,39H,19-20H2,(H,34,35,36)/b18-16+/t25-,26-/m1/s1. The van der Waals surface area contributed by atoms with E-state index in [1.807, 2.05) is 65.2 Å². The number of cyclic esters (lactones) is 1. The lowest BCUT2D eigenvalue weighted by Crippen LogP contribution is -2.31. The van der Waals surface area contributed by atoms with Gasteiger partial charge in [-0.05, 0) is 48.5 Å². The molecule has 6 rings (SSSR count). The molecule has 2 aromatic heterocycles. The van der Waals surface area contributed by atoms with E-state index in [4.69, 9.17) is 14.7 Å². The van der Waals surface area contributed by atoms with Crippen LogP contribution in [0.15, 0.2) is 103 Å². The number of esters is 1. The number of hydrogen-bond acceptors (Lipinski definition) is 7. The Morgan fingerprint density at radius 3 is 2.39 bits per heavy atom. The molecule has 9 heteroatoms. The number of nitrogens with zero attached hydrogens (tertiary/aromatic N) is 4. The van der Waals surface area contributed by atoms with Crippen molar-refractivity contribution < 1.29 is 19.0 Å². The van der Waals surface area contributed by atoms with Gasteiger partial charge in [0.2, 0.25) is 5.95 Å². The molecule has 41 heavy (non-hydrogen) atoms. The Balaban J connectivity index is 1.51. The van der Waals surface area contributed by atoms with Crippen LogP contribution in [0.3, 0.4) is 0 Å². The van der Waals surface area contributed by atoms with Crippen molar-refractivity contribution in [2.24, 2.45) is 0 Å². The predicted molar refractivity (Wildman–Crippen MR) is 154 cm³/mol. The molecule has 3 aromatic carbocycles. The van der Waals surface area contributed by atoms with Crippen LogP contribution in [-0.4, -0.2) is 42.8 Å². The number of aliphatic hydroxyl groups is 1. The number of rotatable bonds is 7. The van der Waals surface area contributed by atoms with Gasteiger partial charge in [0.15, 0.2) is 0 Å². The van der Waals surface area contributed by atoms with Crippen molar-refractivity contribution in [3.8, 4) is 34.0 Å². The van der Waals surface area contributed by atoms with E-state index in [2.05, 4.69) is 10.3 Å². The molecule has 204 valence electrons. The van der Waals surface area contributed by atoms with Crippen molar-refractivity contribution in [1.82, 2.24) is 19.5 Å². The van der Waals surface area contributed by atoms with Crippen LogP contribution in [0.5, 0.6) is 0 Å². The summed E-state index contributed by atoms with van der Waals surface area (Å²) in [4.78, 5) is 26.1. The third-order valence-electron chi connectivity index (χ3n) is 6.63. The number of imidazole rings is 1. The van der Waals surface area contributed by atoms with E-state index < -0.39 is 18.2 Å². The van der Waals surface area contributed by atoms with Crippen LogP contribution >= 0.6 is 0 Å². The summed E-state index contributed by atoms with van der Waals surface area (Å²) in [6, 6.07) is 27.2. The average molecular weight is 548 g/mol. The molecule has 0 amide bonds. The number of carbonyl (C=O) groups excluding carboxylic acids is 1. The normalized spacial score (nSPS) is 17.0. The minimum Gasteiger partial charge on any atom is -0.458 e. The Labute approximate surface area is 235 Å². The van der Waals surface area contributed by atoms with Gasteiger partial charge in [-0.15, -0.1) is 0 Å². The minimum atomic E-state index is -0.772. The first-order valence-corrected chi connectivity index (χ1v) is 13.2. The summed E-state index contributed by atoms with van der Waals surface area (Å²) in [6.45, 7) is 0. The highest BCUT2D eigenvalue weighted by atomic mass is 19.1. The first kappa shape index (κ1) is 26.1. The quantitative estimate of drug-likeness (QED) is 0.238. The van der Waals surface area contributed by atoms with Crippen LogP contribution in [0.1, 0.15) is 12.8 Å². The molecule has 5 aromatic rings. The van der Waals surface area contributed by atoms with Crippen LogP contribution in [0, 0.1) is 5.82 Å². The van der Waals surface area contributed by atoms with Gasteiger partial charge in [-0.1, -0.05) is 48.5 Å². The van der Waals surface area contributed by atoms with Gasteiger partial charge in [-0.2, -0.15) is 0 Å². The lowest BCUT2D eigenvalue weighted by molar-refractivity contribution is -0.156. The van der Waals surface area contributed by atoms with Crippen LogP contribution in [-0.2, 0) is 9.53 Å². The number of ether oxygens (including phenoxy) is 1. The maximum Gasteiger partial charge on any atom is 0.309 e. The maximum atomic E-state index is 14.0. The molecule has 0 spiro atoms. The number of halogens is 1. The molecular formula is C32H26FN5O3. The van der Waals surface area contributed by atoms with E-state index in [-0.39, 0.29) is 18.7 Å². The first-order valence-electron chi connectivity index (χ1n) is 13.2. The van der Waals surface area contributed by atoms with Crippen molar-refractivity contribution in [3.05, 3.63) is 109 Å². The molecule has 0 unspecified atom stereocenters. The summed E-state index contributed by atoms with van der Waals surface area (Å²) in [7, 11) is 0. The van der Waals surface area contributed by atoms with E-state index >= 15 is 0 Å². The first-order chi connectivity index (χ1) is 20.0. The fourth-order valence-corrected chi connectivity index (χ4v) is 4.74. The van der Waals surface area contributed by atoms with E-state index in [0.717, 1.165) is 11.3 Å². The molecule has 1 saturated heterocycles. The lowest BCUT2D eigenvalue weighted by Gasteiger charge is -2.23. The molecule has 2 atom stereocenters. The lowest BCUT2D eigenvalue weighted by atomic mass is 10.1. The number of benzene rings is 3. The minimum absolute atomic E-state index is 0.0251. The fourth-order valence-electron chi connectivity index (χ4n) is 4.74. The second-order valence-electron chi connectivity index (χ2n) is 9.60. The summed E-state index contributed by atoms with van der Waals surface area (Å²) < 4.78 is 21.3. The van der Waals surface area contributed by atoms with Gasteiger partial charge >= 0.3 is 5.97 Å². The number of aromatic nitrogens is 4.